The summed E-state index contributed by atoms with van der Waals surface area (Å²) in [6.07, 6.45) is 7.18. The van der Waals surface area contributed by atoms with Gasteiger partial charge in [0.1, 0.15) is 0 Å². The number of carbonyl (C=O) groups is 2. The van der Waals surface area contributed by atoms with Crippen molar-refractivity contribution in [3.63, 3.8) is 0 Å². The van der Waals surface area contributed by atoms with E-state index in [2.05, 4.69) is 31.9 Å². The maximum atomic E-state index is 13.9. The van der Waals surface area contributed by atoms with Crippen molar-refractivity contribution in [1.29, 1.82) is 0 Å². The van der Waals surface area contributed by atoms with Crippen LogP contribution in [0.25, 0.3) is 10.1 Å². The Kier molecular flexibility index (Phi) is 7.27. The van der Waals surface area contributed by atoms with Crippen LogP contribution in [0.4, 0.5) is 11.4 Å². The maximum Gasteiger partial charge on any atom is 0.196 e. The number of nitrogens with one attached hydrogen (secondary N) is 2. The summed E-state index contributed by atoms with van der Waals surface area (Å²) in [6.45, 7) is 8.43. The molecule has 0 atom stereocenters. The summed E-state index contributed by atoms with van der Waals surface area (Å²) in [5.41, 5.74) is 3.76. The number of anilines is 2. The Bertz CT molecular complexity index is 1210. The second-order valence-corrected chi connectivity index (χ2v) is 11.4. The number of benzene rings is 2. The molecule has 7 heteroatoms. The van der Waals surface area contributed by atoms with Gasteiger partial charge in [-0.05, 0) is 89.2 Å². The first-order valence-electron chi connectivity index (χ1n) is 13.9. The topological polar surface area (TPSA) is 64.7 Å². The van der Waals surface area contributed by atoms with E-state index in [0.717, 1.165) is 60.5 Å². The molecule has 6 nitrogen and oxygen atoms in total. The van der Waals surface area contributed by atoms with E-state index in [9.17, 15) is 9.59 Å². The predicted molar refractivity (Wildman–Crippen MR) is 153 cm³/mol. The lowest BCUT2D eigenvalue weighted by Gasteiger charge is -2.25. The zero-order chi connectivity index (χ0) is 25.2. The molecule has 0 unspecified atom stereocenters. The fourth-order valence-electron chi connectivity index (χ4n) is 6.20. The molecule has 3 heterocycles. The number of thiophene rings is 1. The molecule has 0 bridgehead atoms. The normalized spacial score (nSPS) is 17.9. The van der Waals surface area contributed by atoms with Gasteiger partial charge in [0.15, 0.2) is 11.6 Å². The quantitative estimate of drug-likeness (QED) is 0.215. The SMILES string of the molecule is O=C1c2ccccc2C(=O)c2c1c(NCCCN1CCCC1)c1ccsc1c2NCCCN1CCCC1. The highest BCUT2D eigenvalue weighted by atomic mass is 32.1. The third-order valence-corrected chi connectivity index (χ3v) is 9.02. The number of hydrogen-bond acceptors (Lipinski definition) is 7. The monoisotopic (exact) mass is 516 g/mol. The molecule has 2 aromatic carbocycles. The summed E-state index contributed by atoms with van der Waals surface area (Å²) >= 11 is 1.64. The van der Waals surface area contributed by atoms with Gasteiger partial charge in [0.25, 0.3) is 0 Å². The van der Waals surface area contributed by atoms with Gasteiger partial charge in [-0.2, -0.15) is 0 Å². The molecule has 3 aliphatic rings. The summed E-state index contributed by atoms with van der Waals surface area (Å²) in [4.78, 5) is 32.8. The van der Waals surface area contributed by atoms with Crippen molar-refractivity contribution in [3.05, 3.63) is 58.0 Å². The van der Waals surface area contributed by atoms with Crippen LogP contribution in [0, 0.1) is 0 Å². The first-order valence-corrected chi connectivity index (χ1v) is 14.8. The lowest BCUT2D eigenvalue weighted by Crippen LogP contribution is -2.26. The molecule has 6 rings (SSSR count). The third-order valence-electron chi connectivity index (χ3n) is 8.09. The van der Waals surface area contributed by atoms with Crippen LogP contribution in [0.15, 0.2) is 35.7 Å². The third kappa shape index (κ3) is 4.80. The highest BCUT2D eigenvalue weighted by molar-refractivity contribution is 7.18. The average molecular weight is 517 g/mol. The number of ketones is 2. The van der Waals surface area contributed by atoms with Crippen molar-refractivity contribution in [2.45, 2.75) is 38.5 Å². The summed E-state index contributed by atoms with van der Waals surface area (Å²) in [5.74, 6) is -0.108. The number of nitrogens with zero attached hydrogens (tertiary/aromatic N) is 2. The molecule has 1 aliphatic carbocycles. The Morgan fingerprint density at radius 1 is 0.703 bits per heavy atom. The van der Waals surface area contributed by atoms with Gasteiger partial charge < -0.3 is 20.4 Å². The smallest absolute Gasteiger partial charge is 0.196 e. The molecule has 3 aromatic rings. The van der Waals surface area contributed by atoms with E-state index < -0.39 is 0 Å². The lowest BCUT2D eigenvalue weighted by molar-refractivity contribution is 0.0980. The largest absolute Gasteiger partial charge is 0.384 e. The van der Waals surface area contributed by atoms with Crippen molar-refractivity contribution in [3.8, 4) is 0 Å². The molecule has 2 N–H and O–H groups in total. The number of carbonyl (C=O) groups excluding carboxylic acids is 2. The molecular formula is C30H36N4O2S. The Morgan fingerprint density at radius 2 is 1.22 bits per heavy atom. The molecule has 2 fully saturated rings. The van der Waals surface area contributed by atoms with Crippen LogP contribution >= 0.6 is 11.3 Å². The highest BCUT2D eigenvalue weighted by Crippen LogP contribution is 2.45. The zero-order valence-electron chi connectivity index (χ0n) is 21.5. The van der Waals surface area contributed by atoms with Crippen molar-refractivity contribution in [1.82, 2.24) is 9.80 Å². The Morgan fingerprint density at radius 3 is 1.78 bits per heavy atom. The van der Waals surface area contributed by atoms with Gasteiger partial charge in [0.05, 0.1) is 27.2 Å². The number of hydrogen-bond donors (Lipinski definition) is 2. The minimum atomic E-state index is -0.0551. The van der Waals surface area contributed by atoms with E-state index in [0.29, 0.717) is 22.3 Å². The predicted octanol–water partition coefficient (Wildman–Crippen LogP) is 5.47. The van der Waals surface area contributed by atoms with Gasteiger partial charge in [-0.3, -0.25) is 9.59 Å². The fraction of sp³-hybridized carbons (Fsp3) is 0.467. The second-order valence-electron chi connectivity index (χ2n) is 10.5. The van der Waals surface area contributed by atoms with Crippen LogP contribution in [-0.4, -0.2) is 73.7 Å². The van der Waals surface area contributed by atoms with E-state index >= 15 is 0 Å². The van der Waals surface area contributed by atoms with E-state index in [1.807, 2.05) is 12.1 Å². The van der Waals surface area contributed by atoms with E-state index in [-0.39, 0.29) is 11.6 Å². The standard InChI is InChI=1S/C30H36N4O2S/c35-28-21-9-1-2-10-22(21)29(36)25-24(28)26(31-12-7-18-33-14-3-4-15-33)23-11-20-37-30(23)27(25)32-13-8-19-34-16-5-6-17-34/h1-2,9-11,20,31-32H,3-8,12-19H2. The summed E-state index contributed by atoms with van der Waals surface area (Å²) < 4.78 is 1.06. The summed E-state index contributed by atoms with van der Waals surface area (Å²) in [7, 11) is 0. The van der Waals surface area contributed by atoms with Crippen LogP contribution in [0.5, 0.6) is 0 Å². The minimum absolute atomic E-state index is 0.0531. The summed E-state index contributed by atoms with van der Waals surface area (Å²) in [6, 6.07) is 9.36. The zero-order valence-corrected chi connectivity index (χ0v) is 22.3. The number of fused-ring (bicyclic) bond motifs is 3. The van der Waals surface area contributed by atoms with Gasteiger partial charge in [0, 0.05) is 29.6 Å². The maximum absolute atomic E-state index is 13.9. The molecule has 0 saturated carbocycles. The van der Waals surface area contributed by atoms with Gasteiger partial charge in [-0.25, -0.2) is 0 Å². The van der Waals surface area contributed by atoms with Crippen LogP contribution < -0.4 is 10.6 Å². The number of rotatable bonds is 10. The first-order chi connectivity index (χ1) is 18.2. The molecule has 0 radical (unpaired) electrons. The summed E-state index contributed by atoms with van der Waals surface area (Å²) in [5, 5.41) is 10.3. The molecule has 0 spiro atoms. The molecule has 37 heavy (non-hydrogen) atoms. The van der Waals surface area contributed by atoms with Crippen molar-refractivity contribution in [2.75, 3.05) is 63.0 Å². The first kappa shape index (κ1) is 24.6. The van der Waals surface area contributed by atoms with Crippen LogP contribution in [-0.2, 0) is 0 Å². The second kappa shape index (κ2) is 10.9. The molecular weight excluding hydrogens is 480 g/mol. The molecule has 1 aromatic heterocycles. The average Bonchev–Trinajstić information content (AvgIpc) is 3.71. The molecule has 2 aliphatic heterocycles. The van der Waals surface area contributed by atoms with Crippen molar-refractivity contribution < 1.29 is 9.59 Å². The highest BCUT2D eigenvalue weighted by Gasteiger charge is 2.36. The molecule has 194 valence electrons. The van der Waals surface area contributed by atoms with Crippen molar-refractivity contribution >= 4 is 44.4 Å². The lowest BCUT2D eigenvalue weighted by atomic mass is 9.81. The van der Waals surface area contributed by atoms with Crippen molar-refractivity contribution in [2.24, 2.45) is 0 Å². The van der Waals surface area contributed by atoms with Gasteiger partial charge in [-0.1, -0.05) is 24.3 Å². The molecule has 0 amide bonds. The van der Waals surface area contributed by atoms with E-state index in [1.54, 1.807) is 23.5 Å². The van der Waals surface area contributed by atoms with Crippen LogP contribution in [0.1, 0.15) is 70.4 Å². The van der Waals surface area contributed by atoms with Gasteiger partial charge >= 0.3 is 0 Å². The minimum Gasteiger partial charge on any atom is -0.384 e. The Hall–Kier alpha value is -2.74. The van der Waals surface area contributed by atoms with Gasteiger partial charge in [0.2, 0.25) is 0 Å². The Labute approximate surface area is 223 Å². The van der Waals surface area contributed by atoms with E-state index in [1.165, 1.54) is 51.9 Å². The fourth-order valence-corrected chi connectivity index (χ4v) is 7.13. The van der Waals surface area contributed by atoms with Crippen LogP contribution in [0.3, 0.4) is 0 Å². The van der Waals surface area contributed by atoms with E-state index in [4.69, 9.17) is 0 Å². The number of likely N-dealkylation sites (tertiary alicyclic amines) is 2. The van der Waals surface area contributed by atoms with Crippen LogP contribution in [0.2, 0.25) is 0 Å². The molecule has 2 saturated heterocycles. The van der Waals surface area contributed by atoms with Gasteiger partial charge in [-0.15, -0.1) is 11.3 Å². The Balaban J connectivity index is 1.32.